The third-order valence-electron chi connectivity index (χ3n) is 3.02. The van der Waals surface area contributed by atoms with E-state index in [9.17, 15) is 4.79 Å². The first-order chi connectivity index (χ1) is 9.49. The fourth-order valence-electron chi connectivity index (χ4n) is 1.94. The lowest BCUT2D eigenvalue weighted by molar-refractivity contribution is 0.0697. The maximum atomic E-state index is 10.9. The molecule has 4 nitrogen and oxygen atoms in total. The van der Waals surface area contributed by atoms with Gasteiger partial charge in [-0.25, -0.2) is 4.79 Å². The zero-order chi connectivity index (χ0) is 14.7. The van der Waals surface area contributed by atoms with Crippen LogP contribution < -0.4 is 10.5 Å². The summed E-state index contributed by atoms with van der Waals surface area (Å²) >= 11 is 0. The molecule has 2 aromatic rings. The van der Waals surface area contributed by atoms with Crippen LogP contribution in [0.1, 0.15) is 35.7 Å². The number of carbonyl (C=O) groups is 1. The lowest BCUT2D eigenvalue weighted by Gasteiger charge is -2.14. The average molecular weight is 271 g/mol. The molecule has 2 rings (SSSR count). The van der Waals surface area contributed by atoms with Gasteiger partial charge in [0.1, 0.15) is 11.5 Å². The van der Waals surface area contributed by atoms with E-state index in [0.29, 0.717) is 17.4 Å². The summed E-state index contributed by atoms with van der Waals surface area (Å²) < 4.78 is 5.82. The number of carboxylic acid groups (broad SMARTS) is 1. The molecule has 0 bridgehead atoms. The number of para-hydroxylation sites is 1. The van der Waals surface area contributed by atoms with Crippen LogP contribution in [0.15, 0.2) is 42.5 Å². The van der Waals surface area contributed by atoms with Crippen molar-refractivity contribution in [1.82, 2.24) is 0 Å². The van der Waals surface area contributed by atoms with Crippen LogP contribution in [0.4, 0.5) is 5.69 Å². The minimum absolute atomic E-state index is 0.145. The molecule has 0 unspecified atom stereocenters. The van der Waals surface area contributed by atoms with Crippen LogP contribution >= 0.6 is 0 Å². The molecule has 0 heterocycles. The van der Waals surface area contributed by atoms with Crippen LogP contribution in [-0.4, -0.2) is 11.1 Å². The van der Waals surface area contributed by atoms with E-state index in [4.69, 9.17) is 15.6 Å². The first-order valence-corrected chi connectivity index (χ1v) is 6.38. The molecule has 0 radical (unpaired) electrons. The van der Waals surface area contributed by atoms with E-state index in [1.54, 1.807) is 6.07 Å². The predicted molar refractivity (Wildman–Crippen MR) is 78.4 cm³/mol. The lowest BCUT2D eigenvalue weighted by Crippen LogP contribution is -2.00. The number of hydrogen-bond donors (Lipinski definition) is 2. The highest BCUT2D eigenvalue weighted by atomic mass is 16.5. The molecule has 0 aliphatic carbocycles. The molecule has 0 amide bonds. The third-order valence-corrected chi connectivity index (χ3v) is 3.02. The van der Waals surface area contributed by atoms with Crippen LogP contribution in [0, 0.1) is 0 Å². The van der Waals surface area contributed by atoms with E-state index in [2.05, 4.69) is 13.8 Å². The molecule has 0 saturated heterocycles. The highest BCUT2D eigenvalue weighted by Gasteiger charge is 2.11. The molecule has 104 valence electrons. The largest absolute Gasteiger partial charge is 0.478 e. The number of nitrogens with two attached hydrogens (primary N) is 1. The summed E-state index contributed by atoms with van der Waals surface area (Å²) in [6.45, 7) is 4.16. The molecule has 0 atom stereocenters. The molecule has 0 aliphatic heterocycles. The van der Waals surface area contributed by atoms with Crippen molar-refractivity contribution in [3.8, 4) is 11.5 Å². The van der Waals surface area contributed by atoms with Gasteiger partial charge in [-0.3, -0.25) is 0 Å². The second kappa shape index (κ2) is 5.65. The van der Waals surface area contributed by atoms with Crippen molar-refractivity contribution < 1.29 is 14.6 Å². The van der Waals surface area contributed by atoms with E-state index >= 15 is 0 Å². The SMILES string of the molecule is CC(C)c1ccccc1Oc1ccc(C(=O)O)cc1N. The van der Waals surface area contributed by atoms with Crippen molar-refractivity contribution in [2.75, 3.05) is 5.73 Å². The maximum Gasteiger partial charge on any atom is 0.335 e. The fourth-order valence-corrected chi connectivity index (χ4v) is 1.94. The second-order valence-corrected chi connectivity index (χ2v) is 4.85. The quantitative estimate of drug-likeness (QED) is 0.828. The Kier molecular flexibility index (Phi) is 3.94. The van der Waals surface area contributed by atoms with Crippen LogP contribution in [0.25, 0.3) is 0 Å². The third kappa shape index (κ3) is 2.91. The first kappa shape index (κ1) is 13.9. The van der Waals surface area contributed by atoms with E-state index in [1.807, 2.05) is 24.3 Å². The summed E-state index contributed by atoms with van der Waals surface area (Å²) in [5.74, 6) is 0.511. The van der Waals surface area contributed by atoms with Gasteiger partial charge in [0.15, 0.2) is 0 Å². The lowest BCUT2D eigenvalue weighted by atomic mass is 10.0. The van der Waals surface area contributed by atoms with Gasteiger partial charge in [0.2, 0.25) is 0 Å². The number of hydrogen-bond acceptors (Lipinski definition) is 3. The number of ether oxygens (including phenoxy) is 1. The van der Waals surface area contributed by atoms with Crippen molar-refractivity contribution in [3.05, 3.63) is 53.6 Å². The Morgan fingerprint density at radius 2 is 1.85 bits per heavy atom. The Hall–Kier alpha value is -2.49. The van der Waals surface area contributed by atoms with E-state index < -0.39 is 5.97 Å². The Bertz CT molecular complexity index is 635. The van der Waals surface area contributed by atoms with Crippen molar-refractivity contribution >= 4 is 11.7 Å². The summed E-state index contributed by atoms with van der Waals surface area (Å²) in [5, 5.41) is 8.91. The van der Waals surface area contributed by atoms with Gasteiger partial charge in [0.25, 0.3) is 0 Å². The van der Waals surface area contributed by atoms with Gasteiger partial charge in [-0.2, -0.15) is 0 Å². The van der Waals surface area contributed by atoms with Gasteiger partial charge in [0, 0.05) is 0 Å². The zero-order valence-electron chi connectivity index (χ0n) is 11.5. The molecular weight excluding hydrogens is 254 g/mol. The summed E-state index contributed by atoms with van der Waals surface area (Å²) in [5.41, 5.74) is 7.38. The summed E-state index contributed by atoms with van der Waals surface area (Å²) in [7, 11) is 0. The summed E-state index contributed by atoms with van der Waals surface area (Å²) in [4.78, 5) is 10.9. The van der Waals surface area contributed by atoms with Crippen LogP contribution in [-0.2, 0) is 0 Å². The van der Waals surface area contributed by atoms with E-state index in [-0.39, 0.29) is 5.56 Å². The van der Waals surface area contributed by atoms with Crippen LogP contribution in [0.3, 0.4) is 0 Å². The minimum Gasteiger partial charge on any atom is -0.478 e. The Morgan fingerprint density at radius 1 is 1.15 bits per heavy atom. The number of nitrogen functional groups attached to an aromatic ring is 1. The number of benzene rings is 2. The Balaban J connectivity index is 2.33. The number of anilines is 1. The molecule has 20 heavy (non-hydrogen) atoms. The molecule has 0 spiro atoms. The smallest absolute Gasteiger partial charge is 0.335 e. The van der Waals surface area contributed by atoms with Gasteiger partial charge in [-0.05, 0) is 35.7 Å². The van der Waals surface area contributed by atoms with Gasteiger partial charge in [-0.15, -0.1) is 0 Å². The van der Waals surface area contributed by atoms with Gasteiger partial charge in [-0.1, -0.05) is 32.0 Å². The summed E-state index contributed by atoms with van der Waals surface area (Å²) in [6.07, 6.45) is 0. The minimum atomic E-state index is -1.01. The van der Waals surface area contributed by atoms with Crippen molar-refractivity contribution in [1.29, 1.82) is 0 Å². The second-order valence-electron chi connectivity index (χ2n) is 4.85. The highest BCUT2D eigenvalue weighted by Crippen LogP contribution is 2.33. The molecule has 2 aromatic carbocycles. The van der Waals surface area contributed by atoms with Gasteiger partial charge >= 0.3 is 5.97 Å². The molecule has 0 aromatic heterocycles. The topological polar surface area (TPSA) is 72.5 Å². The molecule has 3 N–H and O–H groups in total. The number of carboxylic acids is 1. The summed E-state index contributed by atoms with van der Waals surface area (Å²) in [6, 6.07) is 12.2. The maximum absolute atomic E-state index is 10.9. The Morgan fingerprint density at radius 3 is 2.45 bits per heavy atom. The van der Waals surface area contributed by atoms with Crippen molar-refractivity contribution in [2.24, 2.45) is 0 Å². The first-order valence-electron chi connectivity index (χ1n) is 6.38. The molecule has 0 saturated carbocycles. The van der Waals surface area contributed by atoms with Crippen LogP contribution in [0.2, 0.25) is 0 Å². The van der Waals surface area contributed by atoms with Crippen molar-refractivity contribution in [2.45, 2.75) is 19.8 Å². The predicted octanol–water partition coefficient (Wildman–Crippen LogP) is 3.88. The monoisotopic (exact) mass is 271 g/mol. The average Bonchev–Trinajstić information content (AvgIpc) is 2.41. The number of aromatic carboxylic acids is 1. The van der Waals surface area contributed by atoms with Crippen LogP contribution in [0.5, 0.6) is 11.5 Å². The Labute approximate surface area is 117 Å². The molecule has 0 aliphatic rings. The molecule has 4 heteroatoms. The zero-order valence-corrected chi connectivity index (χ0v) is 11.5. The molecular formula is C16H17NO3. The fraction of sp³-hybridized carbons (Fsp3) is 0.188. The van der Waals surface area contributed by atoms with E-state index in [1.165, 1.54) is 12.1 Å². The van der Waals surface area contributed by atoms with Gasteiger partial charge < -0.3 is 15.6 Å². The number of rotatable bonds is 4. The van der Waals surface area contributed by atoms with Gasteiger partial charge in [0.05, 0.1) is 11.3 Å². The van der Waals surface area contributed by atoms with Crippen molar-refractivity contribution in [3.63, 3.8) is 0 Å². The van der Waals surface area contributed by atoms with E-state index in [0.717, 1.165) is 11.3 Å². The standard InChI is InChI=1S/C16H17NO3/c1-10(2)12-5-3-4-6-14(12)20-15-8-7-11(16(18)19)9-13(15)17/h3-10H,17H2,1-2H3,(H,18,19). The highest BCUT2D eigenvalue weighted by molar-refractivity contribution is 5.89. The normalized spacial score (nSPS) is 10.6. The molecule has 0 fully saturated rings.